The number of Topliss-reactive ketones (excluding diaryl/α,β-unsaturated/α-hetero) is 1. The molecule has 1 N–H and O–H groups in total. The van der Waals surface area contributed by atoms with E-state index in [2.05, 4.69) is 33.0 Å². The van der Waals surface area contributed by atoms with Gasteiger partial charge in [0.15, 0.2) is 0 Å². The Kier molecular flexibility index (Phi) is 4.51. The van der Waals surface area contributed by atoms with E-state index in [1.165, 1.54) is 25.7 Å². The van der Waals surface area contributed by atoms with Crippen molar-refractivity contribution in [2.45, 2.75) is 91.5 Å². The molecule has 4 fully saturated rings. The zero-order valence-corrected chi connectivity index (χ0v) is 17.1. The van der Waals surface area contributed by atoms with Crippen LogP contribution < -0.4 is 5.32 Å². The molecule has 1 unspecified atom stereocenters. The van der Waals surface area contributed by atoms with Gasteiger partial charge in [0.1, 0.15) is 5.78 Å². The minimum Gasteiger partial charge on any atom is -0.353 e. The van der Waals surface area contributed by atoms with Crippen molar-refractivity contribution in [1.82, 2.24) is 5.32 Å². The van der Waals surface area contributed by atoms with Crippen LogP contribution in [0.25, 0.3) is 0 Å². The fourth-order valence-electron chi connectivity index (χ4n) is 7.78. The molecule has 1 heterocycles. The lowest BCUT2D eigenvalue weighted by Crippen LogP contribution is -2.61. The summed E-state index contributed by atoms with van der Waals surface area (Å²) < 4.78 is 0. The zero-order valence-electron chi connectivity index (χ0n) is 17.1. The Hall–Kier alpha value is -0.860. The third-order valence-corrected chi connectivity index (χ3v) is 9.09. The number of hydrogen-bond acceptors (Lipinski definition) is 2. The van der Waals surface area contributed by atoms with E-state index in [9.17, 15) is 9.59 Å². The van der Waals surface area contributed by atoms with Crippen LogP contribution in [0.1, 0.15) is 85.5 Å². The number of piperidine rings is 1. The van der Waals surface area contributed by atoms with E-state index in [1.54, 1.807) is 0 Å². The summed E-state index contributed by atoms with van der Waals surface area (Å²) in [4.78, 5) is 24.9. The topological polar surface area (TPSA) is 46.2 Å². The molecule has 26 heavy (non-hydrogen) atoms. The standard InChI is InChI=1S/C23H37NO2/c1-14(2)13-19(25)18-7-6-16-15-5-8-20-23(4,12-10-21(26)24-20)17(15)9-11-22(16,18)3/h14-18,20H,5-13H2,1-4H3,(H,24,26)/t15-,16-,17-,18+,20?,22-,23+/m0/s1. The van der Waals surface area contributed by atoms with E-state index in [1.807, 2.05) is 0 Å². The first kappa shape index (κ1) is 18.5. The minimum absolute atomic E-state index is 0.230. The molecule has 1 amide bonds. The first-order chi connectivity index (χ1) is 12.3. The van der Waals surface area contributed by atoms with E-state index in [-0.39, 0.29) is 16.7 Å². The van der Waals surface area contributed by atoms with Crippen LogP contribution in [0.2, 0.25) is 0 Å². The van der Waals surface area contributed by atoms with Crippen LogP contribution in [-0.4, -0.2) is 17.7 Å². The molecule has 0 aromatic rings. The lowest BCUT2D eigenvalue weighted by molar-refractivity contribution is -0.141. The lowest BCUT2D eigenvalue weighted by Gasteiger charge is -2.60. The van der Waals surface area contributed by atoms with Gasteiger partial charge in [-0.3, -0.25) is 9.59 Å². The summed E-state index contributed by atoms with van der Waals surface area (Å²) in [6.07, 6.45) is 9.74. The highest BCUT2D eigenvalue weighted by Gasteiger charge is 2.61. The number of fused-ring (bicyclic) bond motifs is 5. The van der Waals surface area contributed by atoms with Crippen LogP contribution >= 0.6 is 0 Å². The minimum atomic E-state index is 0.230. The van der Waals surface area contributed by atoms with Crippen LogP contribution in [0.4, 0.5) is 0 Å². The summed E-state index contributed by atoms with van der Waals surface area (Å²) in [5.41, 5.74) is 0.506. The van der Waals surface area contributed by atoms with Crippen LogP contribution in [0.3, 0.4) is 0 Å². The molecular formula is C23H37NO2. The summed E-state index contributed by atoms with van der Waals surface area (Å²) >= 11 is 0. The number of nitrogens with one attached hydrogen (secondary N) is 1. The van der Waals surface area contributed by atoms with Crippen molar-refractivity contribution in [2.75, 3.05) is 0 Å². The molecule has 1 aliphatic heterocycles. The van der Waals surface area contributed by atoms with Gasteiger partial charge in [0, 0.05) is 24.8 Å². The number of carbonyl (C=O) groups excluding carboxylic acids is 2. The Bertz CT molecular complexity index is 599. The van der Waals surface area contributed by atoms with Crippen molar-refractivity contribution in [2.24, 2.45) is 40.4 Å². The number of carbonyl (C=O) groups is 2. The predicted octanol–water partition coefficient (Wildman–Crippen LogP) is 4.74. The Labute approximate surface area is 159 Å². The highest BCUT2D eigenvalue weighted by atomic mass is 16.1. The highest BCUT2D eigenvalue weighted by molar-refractivity contribution is 5.82. The van der Waals surface area contributed by atoms with Crippen molar-refractivity contribution in [1.29, 1.82) is 0 Å². The van der Waals surface area contributed by atoms with Gasteiger partial charge < -0.3 is 5.32 Å². The second-order valence-corrected chi connectivity index (χ2v) is 10.8. The number of ketones is 1. The second kappa shape index (κ2) is 6.34. The number of hydrogen-bond donors (Lipinski definition) is 1. The third-order valence-electron chi connectivity index (χ3n) is 9.09. The maximum atomic E-state index is 13.0. The van der Waals surface area contributed by atoms with Gasteiger partial charge >= 0.3 is 0 Å². The molecule has 3 nitrogen and oxygen atoms in total. The van der Waals surface area contributed by atoms with Crippen LogP contribution in [0.15, 0.2) is 0 Å². The summed E-state index contributed by atoms with van der Waals surface area (Å²) in [6, 6.07) is 0.383. The molecule has 1 saturated heterocycles. The van der Waals surface area contributed by atoms with Crippen LogP contribution in [0, 0.1) is 40.4 Å². The molecule has 0 aromatic heterocycles. The monoisotopic (exact) mass is 359 g/mol. The second-order valence-electron chi connectivity index (χ2n) is 10.8. The normalized spacial score (nSPS) is 47.7. The van der Waals surface area contributed by atoms with E-state index < -0.39 is 0 Å². The predicted molar refractivity (Wildman–Crippen MR) is 104 cm³/mol. The molecule has 3 aliphatic carbocycles. The Morgan fingerprint density at radius 3 is 2.50 bits per heavy atom. The number of amides is 1. The maximum absolute atomic E-state index is 13.0. The third kappa shape index (κ3) is 2.67. The molecule has 4 rings (SSSR count). The molecule has 3 heteroatoms. The molecule has 7 atom stereocenters. The molecule has 0 radical (unpaired) electrons. The Morgan fingerprint density at radius 1 is 1.04 bits per heavy atom. The van der Waals surface area contributed by atoms with Gasteiger partial charge in [0.2, 0.25) is 5.91 Å². The highest BCUT2D eigenvalue weighted by Crippen LogP contribution is 2.65. The largest absolute Gasteiger partial charge is 0.353 e. The van der Waals surface area contributed by atoms with E-state index in [0.29, 0.717) is 30.1 Å². The summed E-state index contributed by atoms with van der Waals surface area (Å²) in [5.74, 6) is 3.78. The van der Waals surface area contributed by atoms with Crippen LogP contribution in [-0.2, 0) is 9.59 Å². The average molecular weight is 360 g/mol. The number of rotatable bonds is 3. The van der Waals surface area contributed by atoms with Crippen LogP contribution in [0.5, 0.6) is 0 Å². The fraction of sp³-hybridized carbons (Fsp3) is 0.913. The zero-order chi connectivity index (χ0) is 18.7. The Balaban J connectivity index is 1.56. The fourth-order valence-corrected chi connectivity index (χ4v) is 7.78. The van der Waals surface area contributed by atoms with E-state index in [0.717, 1.165) is 43.4 Å². The smallest absolute Gasteiger partial charge is 0.220 e. The van der Waals surface area contributed by atoms with Crippen molar-refractivity contribution in [3.05, 3.63) is 0 Å². The molecule has 0 spiro atoms. The lowest BCUT2D eigenvalue weighted by atomic mass is 9.47. The van der Waals surface area contributed by atoms with Gasteiger partial charge in [0.25, 0.3) is 0 Å². The van der Waals surface area contributed by atoms with E-state index in [4.69, 9.17) is 0 Å². The van der Waals surface area contributed by atoms with Gasteiger partial charge in [0.05, 0.1) is 0 Å². The first-order valence-electron chi connectivity index (χ1n) is 11.1. The molecular weight excluding hydrogens is 322 g/mol. The van der Waals surface area contributed by atoms with Crippen molar-refractivity contribution in [3.8, 4) is 0 Å². The summed E-state index contributed by atoms with van der Waals surface area (Å²) in [7, 11) is 0. The summed E-state index contributed by atoms with van der Waals surface area (Å²) in [5, 5.41) is 3.32. The van der Waals surface area contributed by atoms with Crippen molar-refractivity contribution in [3.63, 3.8) is 0 Å². The quantitative estimate of drug-likeness (QED) is 0.791. The molecule has 3 saturated carbocycles. The molecule has 0 aromatic carbocycles. The van der Waals surface area contributed by atoms with E-state index >= 15 is 0 Å². The van der Waals surface area contributed by atoms with Crippen molar-refractivity contribution >= 4 is 11.7 Å². The van der Waals surface area contributed by atoms with Gasteiger partial charge in [-0.05, 0) is 79.4 Å². The molecule has 4 aliphatic rings. The molecule has 146 valence electrons. The summed E-state index contributed by atoms with van der Waals surface area (Å²) in [6.45, 7) is 9.24. The first-order valence-corrected chi connectivity index (χ1v) is 11.1. The molecule has 0 bridgehead atoms. The Morgan fingerprint density at radius 2 is 1.77 bits per heavy atom. The SMILES string of the molecule is CC(C)CC(=O)[C@H]1CC[C@H]2[C@@H]3CCC4NC(=O)CC[C@]4(C)[C@H]3CC[C@]12C. The van der Waals surface area contributed by atoms with Gasteiger partial charge in [-0.15, -0.1) is 0 Å². The van der Waals surface area contributed by atoms with Gasteiger partial charge in [-0.25, -0.2) is 0 Å². The average Bonchev–Trinajstić information content (AvgIpc) is 2.92. The van der Waals surface area contributed by atoms with Crippen molar-refractivity contribution < 1.29 is 9.59 Å². The maximum Gasteiger partial charge on any atom is 0.220 e. The van der Waals surface area contributed by atoms with Gasteiger partial charge in [-0.1, -0.05) is 27.7 Å². The van der Waals surface area contributed by atoms with Gasteiger partial charge in [-0.2, -0.15) is 0 Å².